The average molecular weight is 292 g/mol. The molecule has 0 aliphatic heterocycles. The van der Waals surface area contributed by atoms with Crippen molar-refractivity contribution in [3.63, 3.8) is 0 Å². The molecular formula is C16H18ClNO2. The fourth-order valence-corrected chi connectivity index (χ4v) is 1.73. The van der Waals surface area contributed by atoms with Crippen LogP contribution in [0, 0.1) is 0 Å². The molecule has 0 fully saturated rings. The van der Waals surface area contributed by atoms with E-state index in [2.05, 4.69) is 18.0 Å². The first-order valence-electron chi connectivity index (χ1n) is 6.43. The van der Waals surface area contributed by atoms with E-state index in [0.29, 0.717) is 12.2 Å². The Morgan fingerprint density at radius 3 is 2.45 bits per heavy atom. The van der Waals surface area contributed by atoms with Gasteiger partial charge in [0.2, 0.25) is 0 Å². The first-order chi connectivity index (χ1) is 9.31. The highest BCUT2D eigenvalue weighted by molar-refractivity contribution is 5.85. The normalized spacial score (nSPS) is 9.65. The van der Waals surface area contributed by atoms with Crippen molar-refractivity contribution in [1.29, 1.82) is 0 Å². The third kappa shape index (κ3) is 4.67. The number of aldehydes is 1. The summed E-state index contributed by atoms with van der Waals surface area (Å²) in [6.07, 6.45) is 4.52. The van der Waals surface area contributed by atoms with E-state index < -0.39 is 0 Å². The summed E-state index contributed by atoms with van der Waals surface area (Å²) in [5.74, 6) is 0.774. The van der Waals surface area contributed by atoms with Gasteiger partial charge in [0.05, 0.1) is 6.61 Å². The van der Waals surface area contributed by atoms with Crippen LogP contribution in [0.1, 0.15) is 28.5 Å². The lowest BCUT2D eigenvalue weighted by molar-refractivity contribution is 0.112. The van der Waals surface area contributed by atoms with E-state index in [4.69, 9.17) is 4.74 Å². The van der Waals surface area contributed by atoms with Crippen molar-refractivity contribution in [3.05, 3.63) is 59.4 Å². The highest BCUT2D eigenvalue weighted by Crippen LogP contribution is 2.11. The number of ether oxygens (including phenoxy) is 1. The fraction of sp³-hybridized carbons (Fsp3) is 0.250. The summed E-state index contributed by atoms with van der Waals surface area (Å²) in [7, 11) is 0. The van der Waals surface area contributed by atoms with Crippen LogP contribution in [0.15, 0.2) is 42.6 Å². The third-order valence-electron chi connectivity index (χ3n) is 2.94. The molecule has 0 radical (unpaired) electrons. The molecule has 3 nitrogen and oxygen atoms in total. The molecule has 0 N–H and O–H groups in total. The topological polar surface area (TPSA) is 39.2 Å². The standard InChI is InChI=1S/C16H17NO2.ClH/c1-2-13-3-6-15(17-11-13)9-10-19-16-7-4-14(12-18)5-8-16;/h3-8,11-12H,2,9-10H2,1H3;1H. The predicted molar refractivity (Wildman–Crippen MR) is 81.9 cm³/mol. The smallest absolute Gasteiger partial charge is 0.150 e. The number of carbonyl (C=O) groups excluding carboxylic acids is 1. The van der Waals surface area contributed by atoms with Crippen molar-refractivity contribution in [3.8, 4) is 5.75 Å². The van der Waals surface area contributed by atoms with Crippen LogP contribution >= 0.6 is 12.4 Å². The Labute approximate surface area is 125 Å². The maximum absolute atomic E-state index is 10.5. The summed E-state index contributed by atoms with van der Waals surface area (Å²) in [5.41, 5.74) is 2.93. The van der Waals surface area contributed by atoms with Gasteiger partial charge >= 0.3 is 0 Å². The molecule has 0 saturated carbocycles. The summed E-state index contributed by atoms with van der Waals surface area (Å²) in [5, 5.41) is 0. The monoisotopic (exact) mass is 291 g/mol. The Hall–Kier alpha value is -1.87. The lowest BCUT2D eigenvalue weighted by Gasteiger charge is -2.06. The number of hydrogen-bond donors (Lipinski definition) is 0. The van der Waals surface area contributed by atoms with Gasteiger partial charge in [-0.1, -0.05) is 13.0 Å². The largest absolute Gasteiger partial charge is 0.493 e. The SMILES string of the molecule is CCc1ccc(CCOc2ccc(C=O)cc2)nc1.Cl. The zero-order valence-electron chi connectivity index (χ0n) is 11.4. The summed E-state index contributed by atoms with van der Waals surface area (Å²) in [6, 6.07) is 11.2. The number of rotatable bonds is 6. The van der Waals surface area contributed by atoms with Crippen molar-refractivity contribution in [1.82, 2.24) is 4.98 Å². The second kappa shape index (κ2) is 8.33. The van der Waals surface area contributed by atoms with Crippen molar-refractivity contribution >= 4 is 18.7 Å². The van der Waals surface area contributed by atoms with E-state index in [-0.39, 0.29) is 12.4 Å². The number of hydrogen-bond acceptors (Lipinski definition) is 3. The first-order valence-corrected chi connectivity index (χ1v) is 6.43. The van der Waals surface area contributed by atoms with E-state index in [1.807, 2.05) is 12.3 Å². The van der Waals surface area contributed by atoms with E-state index >= 15 is 0 Å². The number of carbonyl (C=O) groups is 1. The van der Waals surface area contributed by atoms with Gasteiger partial charge in [0.25, 0.3) is 0 Å². The van der Waals surface area contributed by atoms with Crippen molar-refractivity contribution in [2.75, 3.05) is 6.61 Å². The van der Waals surface area contributed by atoms with Gasteiger partial charge in [-0.25, -0.2) is 0 Å². The first kappa shape index (κ1) is 16.2. The highest BCUT2D eigenvalue weighted by Gasteiger charge is 1.98. The number of halogens is 1. The molecule has 0 aliphatic carbocycles. The minimum absolute atomic E-state index is 0. The van der Waals surface area contributed by atoms with Crippen molar-refractivity contribution in [2.45, 2.75) is 19.8 Å². The number of aryl methyl sites for hydroxylation is 1. The van der Waals surface area contributed by atoms with Gasteiger partial charge in [-0.2, -0.15) is 0 Å². The Balaban J connectivity index is 0.00000200. The Morgan fingerprint density at radius 1 is 1.15 bits per heavy atom. The molecule has 0 unspecified atom stereocenters. The van der Waals surface area contributed by atoms with E-state index in [1.54, 1.807) is 24.3 Å². The van der Waals surface area contributed by atoms with Crippen LogP contribution in [0.25, 0.3) is 0 Å². The van der Waals surface area contributed by atoms with Crippen LogP contribution in [0.2, 0.25) is 0 Å². The third-order valence-corrected chi connectivity index (χ3v) is 2.94. The molecule has 20 heavy (non-hydrogen) atoms. The van der Waals surface area contributed by atoms with Gasteiger partial charge in [0, 0.05) is 23.9 Å². The Bertz CT molecular complexity index is 523. The van der Waals surface area contributed by atoms with E-state index in [1.165, 1.54) is 5.56 Å². The molecule has 0 aliphatic rings. The van der Waals surface area contributed by atoms with Gasteiger partial charge in [-0.15, -0.1) is 12.4 Å². The molecule has 1 aromatic carbocycles. The van der Waals surface area contributed by atoms with Crippen LogP contribution in [-0.2, 0) is 12.8 Å². The second-order valence-corrected chi connectivity index (χ2v) is 4.30. The molecule has 2 aromatic rings. The van der Waals surface area contributed by atoms with Gasteiger partial charge in [0.1, 0.15) is 12.0 Å². The van der Waals surface area contributed by atoms with Crippen molar-refractivity contribution < 1.29 is 9.53 Å². The van der Waals surface area contributed by atoms with Gasteiger partial charge in [-0.3, -0.25) is 9.78 Å². The lowest BCUT2D eigenvalue weighted by Crippen LogP contribution is -2.03. The van der Waals surface area contributed by atoms with E-state index in [9.17, 15) is 4.79 Å². The molecule has 2 rings (SSSR count). The zero-order chi connectivity index (χ0) is 13.5. The lowest BCUT2D eigenvalue weighted by atomic mass is 10.2. The minimum Gasteiger partial charge on any atom is -0.493 e. The average Bonchev–Trinajstić information content (AvgIpc) is 2.49. The molecule has 0 amide bonds. The summed E-state index contributed by atoms with van der Waals surface area (Å²) >= 11 is 0. The van der Waals surface area contributed by atoms with Crippen LogP contribution in [0.5, 0.6) is 5.75 Å². The summed E-state index contributed by atoms with van der Waals surface area (Å²) < 4.78 is 5.61. The van der Waals surface area contributed by atoms with Crippen LogP contribution < -0.4 is 4.74 Å². The molecule has 0 saturated heterocycles. The Morgan fingerprint density at radius 2 is 1.90 bits per heavy atom. The molecule has 0 bridgehead atoms. The van der Waals surface area contributed by atoms with Crippen LogP contribution in [0.3, 0.4) is 0 Å². The minimum atomic E-state index is 0. The van der Waals surface area contributed by atoms with Gasteiger partial charge < -0.3 is 4.74 Å². The molecule has 4 heteroatoms. The molecule has 106 valence electrons. The Kier molecular flexibility index (Phi) is 6.74. The molecule has 1 heterocycles. The highest BCUT2D eigenvalue weighted by atomic mass is 35.5. The number of nitrogens with zero attached hydrogens (tertiary/aromatic N) is 1. The molecule has 0 spiro atoms. The quantitative estimate of drug-likeness (QED) is 0.765. The maximum atomic E-state index is 10.5. The van der Waals surface area contributed by atoms with Crippen LogP contribution in [0.4, 0.5) is 0 Å². The summed E-state index contributed by atoms with van der Waals surface area (Å²) in [6.45, 7) is 2.70. The van der Waals surface area contributed by atoms with Crippen molar-refractivity contribution in [2.24, 2.45) is 0 Å². The van der Waals surface area contributed by atoms with Crippen LogP contribution in [-0.4, -0.2) is 17.9 Å². The maximum Gasteiger partial charge on any atom is 0.150 e. The number of benzene rings is 1. The van der Waals surface area contributed by atoms with Gasteiger partial charge in [-0.05, 0) is 42.3 Å². The zero-order valence-corrected chi connectivity index (χ0v) is 12.2. The second-order valence-electron chi connectivity index (χ2n) is 4.30. The molecule has 0 atom stereocenters. The number of pyridine rings is 1. The van der Waals surface area contributed by atoms with E-state index in [0.717, 1.165) is 30.6 Å². The number of aromatic nitrogens is 1. The fourth-order valence-electron chi connectivity index (χ4n) is 1.73. The summed E-state index contributed by atoms with van der Waals surface area (Å²) in [4.78, 5) is 14.9. The van der Waals surface area contributed by atoms with Gasteiger partial charge in [0.15, 0.2) is 0 Å². The predicted octanol–water partition coefficient (Wildman–Crippen LogP) is 3.50. The molecular weight excluding hydrogens is 274 g/mol. The molecule has 1 aromatic heterocycles.